The minimum atomic E-state index is -4.66. The number of nitrogens with one attached hydrogen (secondary N) is 1. The molecule has 5 rings (SSSR count). The summed E-state index contributed by atoms with van der Waals surface area (Å²) in [6.07, 6.45) is 0.370. The molecule has 0 radical (unpaired) electrons. The molecule has 36 heavy (non-hydrogen) atoms. The molecular formula is C25H20F4N6O. The molecule has 1 aliphatic heterocycles. The van der Waals surface area contributed by atoms with Crippen LogP contribution >= 0.6 is 0 Å². The summed E-state index contributed by atoms with van der Waals surface area (Å²) in [5.41, 5.74) is 2.88. The Morgan fingerprint density at radius 3 is 2.44 bits per heavy atom. The SMILES string of the molecule is O=C1C(n2cc(-c3ccc(Nc4ccncc4)cc3)nn2)CCc2c(F)cccc2N1CC(F)(F)F. The third kappa shape index (κ3) is 4.90. The molecule has 1 aliphatic rings. The summed E-state index contributed by atoms with van der Waals surface area (Å²) in [5.74, 6) is -1.46. The average molecular weight is 496 g/mol. The van der Waals surface area contributed by atoms with Gasteiger partial charge in [0.15, 0.2) is 0 Å². The molecule has 0 saturated heterocycles. The molecule has 2 aromatic carbocycles. The number of carbonyl (C=O) groups is 1. The lowest BCUT2D eigenvalue weighted by atomic mass is 10.1. The van der Waals surface area contributed by atoms with Crippen LogP contribution in [-0.4, -0.2) is 38.6 Å². The number of nitrogens with zero attached hydrogens (tertiary/aromatic N) is 5. The third-order valence-electron chi connectivity index (χ3n) is 5.92. The molecule has 7 nitrogen and oxygen atoms in total. The number of alkyl halides is 3. The number of halogens is 4. The van der Waals surface area contributed by atoms with Gasteiger partial charge in [0.2, 0.25) is 0 Å². The number of pyridine rings is 1. The van der Waals surface area contributed by atoms with Gasteiger partial charge in [-0.1, -0.05) is 23.4 Å². The second kappa shape index (κ2) is 9.40. The summed E-state index contributed by atoms with van der Waals surface area (Å²) in [6, 6.07) is 13.7. The number of carbonyl (C=O) groups excluding carboxylic acids is 1. The summed E-state index contributed by atoms with van der Waals surface area (Å²) in [6.45, 7) is -1.52. The lowest BCUT2D eigenvalue weighted by Crippen LogP contribution is -2.42. The zero-order chi connectivity index (χ0) is 25.3. The van der Waals surface area contributed by atoms with E-state index >= 15 is 0 Å². The fourth-order valence-electron chi connectivity index (χ4n) is 4.23. The van der Waals surface area contributed by atoms with Crippen molar-refractivity contribution >= 4 is 23.0 Å². The third-order valence-corrected chi connectivity index (χ3v) is 5.92. The van der Waals surface area contributed by atoms with Crippen molar-refractivity contribution in [1.29, 1.82) is 0 Å². The fourth-order valence-corrected chi connectivity index (χ4v) is 4.23. The number of fused-ring (bicyclic) bond motifs is 1. The van der Waals surface area contributed by atoms with Gasteiger partial charge in [-0.3, -0.25) is 9.78 Å². The van der Waals surface area contributed by atoms with E-state index in [0.717, 1.165) is 11.4 Å². The van der Waals surface area contributed by atoms with Crippen LogP contribution in [0.25, 0.3) is 11.3 Å². The summed E-state index contributed by atoms with van der Waals surface area (Å²) in [4.78, 5) is 17.8. The van der Waals surface area contributed by atoms with Gasteiger partial charge in [-0.25, -0.2) is 9.07 Å². The smallest absolute Gasteiger partial charge is 0.355 e. The minimum absolute atomic E-state index is 0.0718. The average Bonchev–Trinajstić information content (AvgIpc) is 3.29. The molecule has 11 heteroatoms. The van der Waals surface area contributed by atoms with Gasteiger partial charge in [0.1, 0.15) is 24.1 Å². The Labute approximate surface area is 203 Å². The zero-order valence-corrected chi connectivity index (χ0v) is 18.8. The molecule has 2 aromatic heterocycles. The van der Waals surface area contributed by atoms with E-state index in [1.54, 1.807) is 12.4 Å². The maximum atomic E-state index is 14.4. The first kappa shape index (κ1) is 23.5. The van der Waals surface area contributed by atoms with Gasteiger partial charge in [0.05, 0.1) is 11.9 Å². The zero-order valence-electron chi connectivity index (χ0n) is 18.8. The van der Waals surface area contributed by atoms with Crippen LogP contribution in [0.2, 0.25) is 0 Å². The molecule has 3 heterocycles. The first-order valence-corrected chi connectivity index (χ1v) is 11.1. The molecule has 0 saturated carbocycles. The van der Waals surface area contributed by atoms with E-state index in [1.165, 1.54) is 29.1 Å². The summed E-state index contributed by atoms with van der Waals surface area (Å²) in [7, 11) is 0. The van der Waals surface area contributed by atoms with Crippen molar-refractivity contribution in [3.63, 3.8) is 0 Å². The monoisotopic (exact) mass is 496 g/mol. The highest BCUT2D eigenvalue weighted by Gasteiger charge is 2.40. The highest BCUT2D eigenvalue weighted by molar-refractivity contribution is 5.97. The van der Waals surface area contributed by atoms with Crippen molar-refractivity contribution in [2.45, 2.75) is 25.1 Å². The van der Waals surface area contributed by atoms with Crippen LogP contribution < -0.4 is 10.2 Å². The summed E-state index contributed by atoms with van der Waals surface area (Å²) < 4.78 is 55.7. The van der Waals surface area contributed by atoms with Crippen molar-refractivity contribution in [2.24, 2.45) is 0 Å². The molecule has 0 spiro atoms. The fraction of sp³-hybridized carbons (Fsp3) is 0.200. The van der Waals surface area contributed by atoms with Crippen molar-refractivity contribution < 1.29 is 22.4 Å². The lowest BCUT2D eigenvalue weighted by molar-refractivity contribution is -0.134. The Balaban J connectivity index is 1.40. The van der Waals surface area contributed by atoms with E-state index in [-0.39, 0.29) is 24.1 Å². The Morgan fingerprint density at radius 1 is 1.00 bits per heavy atom. The Hall–Kier alpha value is -4.28. The highest BCUT2D eigenvalue weighted by atomic mass is 19.4. The largest absolute Gasteiger partial charge is 0.406 e. The molecule has 1 N–H and O–H groups in total. The van der Waals surface area contributed by atoms with E-state index in [1.807, 2.05) is 36.4 Å². The van der Waals surface area contributed by atoms with Gasteiger partial charge in [-0.2, -0.15) is 13.2 Å². The second-order valence-electron chi connectivity index (χ2n) is 8.35. The first-order chi connectivity index (χ1) is 17.3. The topological polar surface area (TPSA) is 75.9 Å². The maximum absolute atomic E-state index is 14.4. The maximum Gasteiger partial charge on any atom is 0.406 e. The Bertz CT molecular complexity index is 1370. The summed E-state index contributed by atoms with van der Waals surface area (Å²) >= 11 is 0. The van der Waals surface area contributed by atoms with E-state index in [9.17, 15) is 22.4 Å². The molecule has 184 valence electrons. The number of rotatable bonds is 5. The standard InChI is InChI=1S/C25H20F4N6O/c26-20-2-1-3-22-19(20)8-9-23(24(36)34(22)15-25(27,28)29)35-14-21(32-33-35)16-4-6-17(7-5-16)31-18-10-12-30-13-11-18/h1-7,10-14,23H,8-9,15H2,(H,30,31). The van der Waals surface area contributed by atoms with Gasteiger partial charge in [-0.15, -0.1) is 5.10 Å². The summed E-state index contributed by atoms with van der Waals surface area (Å²) in [5, 5.41) is 11.4. The van der Waals surface area contributed by atoms with Crippen LogP contribution in [0.5, 0.6) is 0 Å². The molecule has 0 aliphatic carbocycles. The molecule has 1 unspecified atom stereocenters. The van der Waals surface area contributed by atoms with Crippen molar-refractivity contribution in [2.75, 3.05) is 16.8 Å². The number of hydrogen-bond donors (Lipinski definition) is 1. The molecule has 1 amide bonds. The molecule has 0 bridgehead atoms. The van der Waals surface area contributed by atoms with Crippen molar-refractivity contribution in [3.05, 3.63) is 84.6 Å². The first-order valence-electron chi connectivity index (χ1n) is 11.1. The number of benzene rings is 2. The Kier molecular flexibility index (Phi) is 6.13. The quantitative estimate of drug-likeness (QED) is 0.379. The molecule has 4 aromatic rings. The van der Waals surface area contributed by atoms with Crippen LogP contribution in [-0.2, 0) is 11.2 Å². The van der Waals surface area contributed by atoms with Crippen molar-refractivity contribution in [1.82, 2.24) is 20.0 Å². The molecular weight excluding hydrogens is 476 g/mol. The Morgan fingerprint density at radius 2 is 1.72 bits per heavy atom. The van der Waals surface area contributed by atoms with E-state index in [0.29, 0.717) is 16.2 Å². The van der Waals surface area contributed by atoms with Crippen LogP contribution in [0.3, 0.4) is 0 Å². The number of anilines is 3. The predicted octanol–water partition coefficient (Wildman–Crippen LogP) is 5.31. The minimum Gasteiger partial charge on any atom is -0.355 e. The van der Waals surface area contributed by atoms with Crippen LogP contribution in [0, 0.1) is 5.82 Å². The highest BCUT2D eigenvalue weighted by Crippen LogP contribution is 2.35. The van der Waals surface area contributed by atoms with Crippen molar-refractivity contribution in [3.8, 4) is 11.3 Å². The van der Waals surface area contributed by atoms with E-state index in [2.05, 4.69) is 20.6 Å². The van der Waals surface area contributed by atoms with Gasteiger partial charge >= 0.3 is 6.18 Å². The van der Waals surface area contributed by atoms with Gasteiger partial charge in [0.25, 0.3) is 5.91 Å². The molecule has 1 atom stereocenters. The van der Waals surface area contributed by atoms with E-state index < -0.39 is 30.5 Å². The van der Waals surface area contributed by atoms with Gasteiger partial charge in [-0.05, 0) is 49.2 Å². The van der Waals surface area contributed by atoms with Gasteiger partial charge < -0.3 is 10.2 Å². The van der Waals surface area contributed by atoms with Crippen LogP contribution in [0.1, 0.15) is 18.0 Å². The number of aromatic nitrogens is 4. The normalized spacial score (nSPS) is 15.9. The number of amides is 1. The predicted molar refractivity (Wildman–Crippen MR) is 125 cm³/mol. The lowest BCUT2D eigenvalue weighted by Gasteiger charge is -2.26. The second-order valence-corrected chi connectivity index (χ2v) is 8.35. The molecule has 0 fully saturated rings. The number of hydrogen-bond acceptors (Lipinski definition) is 5. The van der Waals surface area contributed by atoms with E-state index in [4.69, 9.17) is 0 Å². The van der Waals surface area contributed by atoms with Crippen LogP contribution in [0.4, 0.5) is 34.6 Å². The van der Waals surface area contributed by atoms with Gasteiger partial charge in [0, 0.05) is 34.9 Å². The van der Waals surface area contributed by atoms with Crippen LogP contribution in [0.15, 0.2) is 73.2 Å².